The molecule has 0 saturated heterocycles. The molecule has 3 aromatic carbocycles. The van der Waals surface area contributed by atoms with Crippen LogP contribution in [0.3, 0.4) is 0 Å². The molecule has 0 fully saturated rings. The van der Waals surface area contributed by atoms with Crippen molar-refractivity contribution >= 4 is 17.7 Å². The smallest absolute Gasteiger partial charge is 0.307 e. The number of nitrogens with one attached hydrogen (secondary N) is 1. The second-order valence-electron chi connectivity index (χ2n) is 9.80. The molecule has 0 aliphatic carbocycles. The first-order valence-corrected chi connectivity index (χ1v) is 13.4. The Morgan fingerprint density at radius 2 is 1.68 bits per heavy atom. The summed E-state index contributed by atoms with van der Waals surface area (Å²) in [7, 11) is 0. The van der Waals surface area contributed by atoms with Gasteiger partial charge < -0.3 is 19.9 Å². The number of benzene rings is 3. The van der Waals surface area contributed by atoms with Crippen molar-refractivity contribution in [1.82, 2.24) is 0 Å². The second-order valence-corrected chi connectivity index (χ2v) is 9.80. The maximum Gasteiger partial charge on any atom is 0.307 e. The van der Waals surface area contributed by atoms with E-state index in [0.29, 0.717) is 12.3 Å². The summed E-state index contributed by atoms with van der Waals surface area (Å²) in [6.07, 6.45) is 4.03. The van der Waals surface area contributed by atoms with E-state index in [1.54, 1.807) is 12.1 Å². The summed E-state index contributed by atoms with van der Waals surface area (Å²) < 4.78 is 13.2. The van der Waals surface area contributed by atoms with Gasteiger partial charge in [-0.2, -0.15) is 4.57 Å². The monoisotopic (exact) mass is 537 g/mol. The molecular weight excluding hydrogens is 502 g/mol. The van der Waals surface area contributed by atoms with Crippen molar-refractivity contribution in [3.05, 3.63) is 115 Å². The zero-order valence-corrected chi connectivity index (χ0v) is 23.1. The lowest BCUT2D eigenvalue weighted by Crippen LogP contribution is -2.44. The van der Waals surface area contributed by atoms with Crippen molar-refractivity contribution in [3.63, 3.8) is 0 Å². The van der Waals surface area contributed by atoms with Gasteiger partial charge in [0, 0.05) is 30.7 Å². The van der Waals surface area contributed by atoms with E-state index >= 15 is 0 Å². The molecule has 0 saturated carbocycles. The molecule has 7 nitrogen and oxygen atoms in total. The summed E-state index contributed by atoms with van der Waals surface area (Å²) in [5.74, 6) is 0.473. The Hall–Kier alpha value is -4.65. The third-order valence-corrected chi connectivity index (χ3v) is 6.29. The Balaban J connectivity index is 1.30. The number of hydrogen-bond acceptors (Lipinski definition) is 5. The first kappa shape index (κ1) is 28.4. The SMILES string of the molecule is CC(=O)OC(C(C)C)[n+]1cccc(CN=C([O-])Nc2ccc(OCCc3ccccc3-c3ccccc3)cc2)c1. The molecule has 1 aromatic heterocycles. The van der Waals surface area contributed by atoms with E-state index in [9.17, 15) is 9.90 Å². The van der Waals surface area contributed by atoms with Gasteiger partial charge in [0.25, 0.3) is 0 Å². The number of esters is 1. The number of hydrogen-bond donors (Lipinski definition) is 1. The standard InChI is InChI=1S/C33H35N3O4/c1-24(2)32(40-25(3)37)36-20-9-10-26(23-36)22-34-33(38)35-29-15-17-30(18-16-29)39-21-19-28-13-7-8-14-31(28)27-11-5-4-6-12-27/h4-18,20,23-24,32H,19,21-22H2,1-3H3,(H-,34,35,38). The van der Waals surface area contributed by atoms with E-state index in [-0.39, 0.29) is 18.4 Å². The molecule has 0 bridgehead atoms. The summed E-state index contributed by atoms with van der Waals surface area (Å²) in [6, 6.07) is 29.2. The van der Waals surface area contributed by atoms with E-state index in [2.05, 4.69) is 40.6 Å². The fraction of sp³-hybridized carbons (Fsp3) is 0.242. The highest BCUT2D eigenvalue weighted by molar-refractivity contribution is 5.85. The van der Waals surface area contributed by atoms with Crippen LogP contribution in [0.4, 0.5) is 5.69 Å². The number of carbonyl (C=O) groups excluding carboxylic acids is 1. The fourth-order valence-electron chi connectivity index (χ4n) is 4.38. The van der Waals surface area contributed by atoms with Crippen molar-refractivity contribution < 1.29 is 23.9 Å². The van der Waals surface area contributed by atoms with Gasteiger partial charge in [0.1, 0.15) is 5.75 Å². The van der Waals surface area contributed by atoms with Gasteiger partial charge in [0.2, 0.25) is 0 Å². The van der Waals surface area contributed by atoms with Crippen molar-refractivity contribution in [2.24, 2.45) is 10.9 Å². The van der Waals surface area contributed by atoms with Crippen LogP contribution in [0.5, 0.6) is 5.75 Å². The lowest BCUT2D eigenvalue weighted by atomic mass is 9.98. The van der Waals surface area contributed by atoms with Gasteiger partial charge in [-0.1, -0.05) is 68.4 Å². The Morgan fingerprint density at radius 3 is 2.40 bits per heavy atom. The number of ether oxygens (including phenoxy) is 2. The van der Waals surface area contributed by atoms with Crippen LogP contribution in [-0.4, -0.2) is 18.6 Å². The number of aliphatic imine (C=N–C) groups is 1. The van der Waals surface area contributed by atoms with Crippen molar-refractivity contribution in [2.45, 2.75) is 40.0 Å². The average molecular weight is 538 g/mol. The fourth-order valence-corrected chi connectivity index (χ4v) is 4.38. The van der Waals surface area contributed by atoms with E-state index in [1.165, 1.54) is 23.6 Å². The van der Waals surface area contributed by atoms with Crippen molar-refractivity contribution in [1.29, 1.82) is 0 Å². The number of rotatable bonds is 11. The van der Waals surface area contributed by atoms with E-state index in [0.717, 1.165) is 17.7 Å². The second kappa shape index (κ2) is 13.9. The van der Waals surface area contributed by atoms with Crippen LogP contribution in [0.15, 0.2) is 108 Å². The minimum absolute atomic E-state index is 0.0847. The summed E-state index contributed by atoms with van der Waals surface area (Å²) in [4.78, 5) is 15.6. The van der Waals surface area contributed by atoms with Gasteiger partial charge in [-0.15, -0.1) is 0 Å². The first-order valence-electron chi connectivity index (χ1n) is 13.4. The maximum atomic E-state index is 12.4. The van der Waals surface area contributed by atoms with Crippen LogP contribution in [-0.2, 0) is 22.5 Å². The Kier molecular flexibility index (Phi) is 9.88. The zero-order chi connectivity index (χ0) is 28.3. The number of pyridine rings is 1. The summed E-state index contributed by atoms with van der Waals surface area (Å²) in [5.41, 5.74) is 5.09. The third-order valence-electron chi connectivity index (χ3n) is 6.29. The predicted octanol–water partition coefficient (Wildman–Crippen LogP) is 5.31. The predicted molar refractivity (Wildman–Crippen MR) is 155 cm³/mol. The molecule has 0 amide bonds. The molecule has 7 heteroatoms. The number of amidine groups is 1. The molecule has 4 aromatic rings. The van der Waals surface area contributed by atoms with Gasteiger partial charge in [0.05, 0.1) is 25.1 Å². The molecular formula is C33H35N3O4. The molecule has 1 heterocycles. The molecule has 1 N–H and O–H groups in total. The Morgan fingerprint density at radius 1 is 0.950 bits per heavy atom. The zero-order valence-electron chi connectivity index (χ0n) is 23.1. The van der Waals surface area contributed by atoms with Gasteiger partial charge >= 0.3 is 12.2 Å². The van der Waals surface area contributed by atoms with Crippen molar-refractivity contribution in [3.8, 4) is 16.9 Å². The summed E-state index contributed by atoms with van der Waals surface area (Å²) in [6.45, 7) is 6.09. The molecule has 0 radical (unpaired) electrons. The highest BCUT2D eigenvalue weighted by Crippen LogP contribution is 2.24. The first-order chi connectivity index (χ1) is 19.4. The molecule has 0 aliphatic rings. The van der Waals surface area contributed by atoms with Crippen molar-refractivity contribution in [2.75, 3.05) is 11.9 Å². The molecule has 1 atom stereocenters. The summed E-state index contributed by atoms with van der Waals surface area (Å²) >= 11 is 0. The van der Waals surface area contributed by atoms with Crippen LogP contribution >= 0.6 is 0 Å². The lowest BCUT2D eigenvalue weighted by Gasteiger charge is -2.16. The van der Waals surface area contributed by atoms with Crippen LogP contribution in [0, 0.1) is 5.92 Å². The van der Waals surface area contributed by atoms with Gasteiger partial charge in [0.15, 0.2) is 12.4 Å². The number of carbonyl (C=O) groups is 1. The quantitative estimate of drug-likeness (QED) is 0.121. The third kappa shape index (κ3) is 8.17. The lowest BCUT2D eigenvalue weighted by molar-refractivity contribution is -0.764. The van der Waals surface area contributed by atoms with Crippen LogP contribution < -0.4 is 19.7 Å². The maximum absolute atomic E-state index is 12.4. The topological polar surface area (TPSA) is 86.9 Å². The number of nitrogens with zero attached hydrogens (tertiary/aromatic N) is 2. The van der Waals surface area contributed by atoms with Gasteiger partial charge in [-0.3, -0.25) is 9.79 Å². The molecule has 0 spiro atoms. The Labute approximate surface area is 235 Å². The molecule has 4 rings (SSSR count). The Bertz CT molecular complexity index is 1420. The highest BCUT2D eigenvalue weighted by Gasteiger charge is 2.25. The molecule has 1 unspecified atom stereocenters. The number of aromatic nitrogens is 1. The van der Waals surface area contributed by atoms with Gasteiger partial charge in [-0.25, -0.2) is 0 Å². The minimum Gasteiger partial charge on any atom is -0.846 e. The van der Waals surface area contributed by atoms with Crippen LogP contribution in [0.1, 0.15) is 38.1 Å². The highest BCUT2D eigenvalue weighted by atomic mass is 16.6. The van der Waals surface area contributed by atoms with Crippen LogP contribution in [0.25, 0.3) is 11.1 Å². The van der Waals surface area contributed by atoms with E-state index in [1.807, 2.05) is 79.3 Å². The van der Waals surface area contributed by atoms with Crippen LogP contribution in [0.2, 0.25) is 0 Å². The largest absolute Gasteiger partial charge is 0.846 e. The van der Waals surface area contributed by atoms with E-state index < -0.39 is 12.2 Å². The summed E-state index contributed by atoms with van der Waals surface area (Å²) in [5, 5.41) is 15.2. The number of anilines is 1. The molecule has 0 aliphatic heterocycles. The normalized spacial score (nSPS) is 12.2. The average Bonchev–Trinajstić information content (AvgIpc) is 2.96. The minimum atomic E-state index is -0.443. The van der Waals surface area contributed by atoms with Gasteiger partial charge in [-0.05, 0) is 47.0 Å². The molecule has 40 heavy (non-hydrogen) atoms. The van der Waals surface area contributed by atoms with E-state index in [4.69, 9.17) is 9.47 Å². The molecule has 206 valence electrons.